The van der Waals surface area contributed by atoms with E-state index in [1.54, 1.807) is 0 Å². The van der Waals surface area contributed by atoms with Crippen LogP contribution in [-0.2, 0) is 21.6 Å². The molecule has 5 rings (SSSR count). The Morgan fingerprint density at radius 1 is 0.757 bits per heavy atom. The highest BCUT2D eigenvalue weighted by molar-refractivity contribution is 5.70. The number of rotatable bonds is 10. The Morgan fingerprint density at radius 3 is 1.70 bits per heavy atom. The molecular weight excluding hydrogens is 460 g/mol. The normalized spacial score (nSPS) is 17.4. The minimum atomic E-state index is -0.862. The topological polar surface area (TPSA) is 50.8 Å². The van der Waals surface area contributed by atoms with Crippen LogP contribution in [0.15, 0.2) is 121 Å². The van der Waals surface area contributed by atoms with E-state index in [-0.39, 0.29) is 12.6 Å². The molecule has 188 valence electrons. The van der Waals surface area contributed by atoms with Crippen LogP contribution in [0.5, 0.6) is 0 Å². The van der Waals surface area contributed by atoms with Crippen LogP contribution in [0.4, 0.5) is 4.79 Å². The number of cyclic esters (lactones) is 1. The van der Waals surface area contributed by atoms with Crippen LogP contribution >= 0.6 is 0 Å². The predicted molar refractivity (Wildman–Crippen MR) is 145 cm³/mol. The lowest BCUT2D eigenvalue weighted by molar-refractivity contribution is -0.0381. The van der Waals surface area contributed by atoms with Gasteiger partial charge in [0.05, 0.1) is 12.6 Å². The van der Waals surface area contributed by atoms with Crippen molar-refractivity contribution in [1.29, 1.82) is 0 Å². The Balaban J connectivity index is 1.43. The molecule has 1 amide bonds. The number of benzene rings is 4. The van der Waals surface area contributed by atoms with Crippen molar-refractivity contribution in [2.75, 3.05) is 20.2 Å². The van der Waals surface area contributed by atoms with E-state index in [1.807, 2.05) is 72.8 Å². The maximum Gasteiger partial charge on any atom is 0.407 e. The summed E-state index contributed by atoms with van der Waals surface area (Å²) in [6.45, 7) is 1.66. The van der Waals surface area contributed by atoms with Crippen molar-refractivity contribution >= 4 is 6.09 Å². The average Bonchev–Trinajstić information content (AvgIpc) is 3.29. The molecule has 1 N–H and O–H groups in total. The zero-order valence-corrected chi connectivity index (χ0v) is 21.0. The number of hydrogen-bond donors (Lipinski definition) is 1. The van der Waals surface area contributed by atoms with Gasteiger partial charge in [0, 0.05) is 13.1 Å². The lowest BCUT2D eigenvalue weighted by Crippen LogP contribution is -2.45. The van der Waals surface area contributed by atoms with Gasteiger partial charge in [0.1, 0.15) is 11.7 Å². The maximum atomic E-state index is 12.3. The van der Waals surface area contributed by atoms with Gasteiger partial charge in [-0.05, 0) is 29.3 Å². The summed E-state index contributed by atoms with van der Waals surface area (Å²) in [6.07, 6.45) is -0.835. The lowest BCUT2D eigenvalue weighted by atomic mass is 9.80. The zero-order valence-electron chi connectivity index (χ0n) is 21.0. The molecule has 37 heavy (non-hydrogen) atoms. The largest absolute Gasteiger partial charge is 0.442 e. The van der Waals surface area contributed by atoms with Crippen LogP contribution in [0.1, 0.15) is 22.3 Å². The number of likely N-dealkylation sites (N-methyl/N-ethyl adjacent to an activating group) is 1. The first-order valence-electron chi connectivity index (χ1n) is 12.7. The van der Waals surface area contributed by atoms with Gasteiger partial charge >= 0.3 is 6.09 Å². The molecular formula is C32H32N2O3. The number of amides is 1. The molecule has 1 heterocycles. The standard InChI is InChI=1S/C32H32N2O3/c1-34(22-25-14-6-2-7-15-25)23-29-30(37-31(35)33-29)24-36-32(26-16-8-3-9-17-26,27-18-10-4-11-19-27)28-20-12-5-13-21-28/h2-21,29-30H,22-24H2,1H3,(H,33,35)/t29-,30-/m1/s1. The molecule has 0 aliphatic carbocycles. The lowest BCUT2D eigenvalue weighted by Gasteiger charge is -2.37. The van der Waals surface area contributed by atoms with Crippen molar-refractivity contribution in [3.05, 3.63) is 144 Å². The summed E-state index contributed by atoms with van der Waals surface area (Å²) in [5, 5.41) is 2.99. The van der Waals surface area contributed by atoms with Crippen molar-refractivity contribution in [3.63, 3.8) is 0 Å². The van der Waals surface area contributed by atoms with Gasteiger partial charge in [-0.1, -0.05) is 121 Å². The summed E-state index contributed by atoms with van der Waals surface area (Å²) in [5.74, 6) is 0. The molecule has 1 aliphatic heterocycles. The summed E-state index contributed by atoms with van der Waals surface area (Å²) < 4.78 is 12.6. The van der Waals surface area contributed by atoms with E-state index in [9.17, 15) is 4.79 Å². The highest BCUT2D eigenvalue weighted by Crippen LogP contribution is 2.40. The third-order valence-corrected chi connectivity index (χ3v) is 6.82. The Labute approximate surface area is 218 Å². The van der Waals surface area contributed by atoms with Gasteiger partial charge in [0.25, 0.3) is 0 Å². The van der Waals surface area contributed by atoms with E-state index in [1.165, 1.54) is 5.56 Å². The number of nitrogens with one attached hydrogen (secondary N) is 1. The van der Waals surface area contributed by atoms with Crippen LogP contribution < -0.4 is 5.32 Å². The second-order valence-corrected chi connectivity index (χ2v) is 9.47. The Bertz CT molecular complexity index is 1170. The van der Waals surface area contributed by atoms with Crippen molar-refractivity contribution in [3.8, 4) is 0 Å². The highest BCUT2D eigenvalue weighted by atomic mass is 16.6. The molecule has 5 heteroatoms. The molecule has 0 saturated carbocycles. The molecule has 1 saturated heterocycles. The number of carbonyl (C=O) groups is 1. The summed E-state index contributed by atoms with van der Waals surface area (Å²) in [5.41, 5.74) is 3.41. The van der Waals surface area contributed by atoms with E-state index >= 15 is 0 Å². The van der Waals surface area contributed by atoms with E-state index < -0.39 is 17.8 Å². The Morgan fingerprint density at radius 2 is 1.22 bits per heavy atom. The molecule has 2 atom stereocenters. The van der Waals surface area contributed by atoms with Gasteiger partial charge in [0.2, 0.25) is 0 Å². The molecule has 0 spiro atoms. The van der Waals surface area contributed by atoms with Gasteiger partial charge in [-0.25, -0.2) is 4.79 Å². The summed E-state index contributed by atoms with van der Waals surface area (Å²) in [6, 6.07) is 40.8. The van der Waals surface area contributed by atoms with Gasteiger partial charge < -0.3 is 14.8 Å². The third-order valence-electron chi connectivity index (χ3n) is 6.82. The Hall–Kier alpha value is -3.93. The Kier molecular flexibility index (Phi) is 7.64. The first-order valence-corrected chi connectivity index (χ1v) is 12.7. The van der Waals surface area contributed by atoms with Crippen LogP contribution in [-0.4, -0.2) is 43.3 Å². The average molecular weight is 493 g/mol. The maximum absolute atomic E-state index is 12.3. The molecule has 0 bridgehead atoms. The highest BCUT2D eigenvalue weighted by Gasteiger charge is 2.41. The predicted octanol–water partition coefficient (Wildman–Crippen LogP) is 5.60. The second-order valence-electron chi connectivity index (χ2n) is 9.47. The van der Waals surface area contributed by atoms with Crippen molar-refractivity contribution < 1.29 is 14.3 Å². The summed E-state index contributed by atoms with van der Waals surface area (Å²) >= 11 is 0. The second kappa shape index (κ2) is 11.4. The number of hydrogen-bond acceptors (Lipinski definition) is 4. The van der Waals surface area contributed by atoms with Crippen LogP contribution in [0.25, 0.3) is 0 Å². The monoisotopic (exact) mass is 492 g/mol. The van der Waals surface area contributed by atoms with E-state index in [4.69, 9.17) is 9.47 Å². The van der Waals surface area contributed by atoms with E-state index in [2.05, 4.69) is 65.8 Å². The minimum absolute atomic E-state index is 0.193. The number of ether oxygens (including phenoxy) is 2. The van der Waals surface area contributed by atoms with Gasteiger partial charge in [0.15, 0.2) is 0 Å². The van der Waals surface area contributed by atoms with Gasteiger partial charge in [-0.3, -0.25) is 4.90 Å². The van der Waals surface area contributed by atoms with Crippen molar-refractivity contribution in [2.45, 2.75) is 24.3 Å². The third kappa shape index (κ3) is 5.58. The molecule has 0 unspecified atom stereocenters. The van der Waals surface area contributed by atoms with E-state index in [0.29, 0.717) is 6.54 Å². The fraction of sp³-hybridized carbons (Fsp3) is 0.219. The van der Waals surface area contributed by atoms with Crippen LogP contribution in [0, 0.1) is 0 Å². The summed E-state index contributed by atoms with van der Waals surface area (Å²) in [7, 11) is 2.05. The zero-order chi connectivity index (χ0) is 25.5. The van der Waals surface area contributed by atoms with Gasteiger partial charge in [-0.2, -0.15) is 0 Å². The molecule has 4 aromatic carbocycles. The fourth-order valence-electron chi connectivity index (χ4n) is 5.08. The minimum Gasteiger partial charge on any atom is -0.442 e. The number of alkyl carbamates (subject to hydrolysis) is 1. The quantitative estimate of drug-likeness (QED) is 0.293. The molecule has 0 radical (unpaired) electrons. The molecule has 0 aromatic heterocycles. The van der Waals surface area contributed by atoms with E-state index in [0.717, 1.165) is 23.2 Å². The molecule has 4 aromatic rings. The van der Waals surface area contributed by atoms with Crippen LogP contribution in [0.3, 0.4) is 0 Å². The van der Waals surface area contributed by atoms with Crippen molar-refractivity contribution in [2.24, 2.45) is 0 Å². The van der Waals surface area contributed by atoms with Crippen LogP contribution in [0.2, 0.25) is 0 Å². The SMILES string of the molecule is CN(Cc1ccccc1)C[C@H]1NC(=O)O[C@@H]1COC(c1ccccc1)(c1ccccc1)c1ccccc1. The summed E-state index contributed by atoms with van der Waals surface area (Å²) in [4.78, 5) is 14.5. The fourth-order valence-corrected chi connectivity index (χ4v) is 5.08. The smallest absolute Gasteiger partial charge is 0.407 e. The van der Waals surface area contributed by atoms with Crippen molar-refractivity contribution in [1.82, 2.24) is 10.2 Å². The first-order chi connectivity index (χ1) is 18.1. The first kappa shape index (κ1) is 24.8. The number of carbonyl (C=O) groups excluding carboxylic acids is 1. The molecule has 1 aliphatic rings. The molecule has 5 nitrogen and oxygen atoms in total. The van der Waals surface area contributed by atoms with Gasteiger partial charge in [-0.15, -0.1) is 0 Å². The molecule has 1 fully saturated rings. The number of nitrogens with zero attached hydrogens (tertiary/aromatic N) is 1.